The maximum Gasteiger partial charge on any atom is 0.259 e. The van der Waals surface area contributed by atoms with Crippen LogP contribution in [-0.2, 0) is 25.7 Å². The highest BCUT2D eigenvalue weighted by atomic mass is 16.5. The highest BCUT2D eigenvalue weighted by Crippen LogP contribution is 2.43. The van der Waals surface area contributed by atoms with Crippen molar-refractivity contribution in [3.05, 3.63) is 71.0 Å². The quantitative estimate of drug-likeness (QED) is 0.197. The van der Waals surface area contributed by atoms with E-state index in [4.69, 9.17) is 12.6 Å². The average molecular weight is 582 g/mol. The van der Waals surface area contributed by atoms with Crippen LogP contribution in [0.1, 0.15) is 65.7 Å². The van der Waals surface area contributed by atoms with Crippen LogP contribution in [0.15, 0.2) is 48.7 Å². The molecule has 3 aromatic rings. The van der Waals surface area contributed by atoms with Crippen LogP contribution in [0.4, 0.5) is 5.69 Å². The largest absolute Gasteiger partial charge is 0.389 e. The van der Waals surface area contributed by atoms with Gasteiger partial charge in [-0.15, -0.1) is 0 Å². The molecule has 220 valence electrons. The fraction of sp³-hybridized carbons (Fsp3) is 0.419. The highest BCUT2D eigenvalue weighted by molar-refractivity contribution is 6.28. The third kappa shape index (κ3) is 4.39. The Morgan fingerprint density at radius 1 is 1.00 bits per heavy atom. The summed E-state index contributed by atoms with van der Waals surface area (Å²) in [7, 11) is 6.51. The minimum absolute atomic E-state index is 0.0934. The van der Waals surface area contributed by atoms with Crippen molar-refractivity contribution in [3.63, 3.8) is 0 Å². The molecule has 12 heteroatoms. The smallest absolute Gasteiger partial charge is 0.259 e. The lowest BCUT2D eigenvalue weighted by Crippen LogP contribution is -2.53. The van der Waals surface area contributed by atoms with Crippen molar-refractivity contribution >= 4 is 42.0 Å². The van der Waals surface area contributed by atoms with Gasteiger partial charge in [0.05, 0.1) is 28.7 Å². The second-order valence-corrected chi connectivity index (χ2v) is 12.0. The lowest BCUT2D eigenvalue weighted by Gasteiger charge is -2.43. The molecule has 3 saturated heterocycles. The molecule has 2 unspecified atom stereocenters. The Hall–Kier alpha value is -3.68. The highest BCUT2D eigenvalue weighted by Gasteiger charge is 2.45. The molecule has 1 spiro atoms. The molecule has 2 aromatic carbocycles. The standard InChI is InChI=1S/C31H31BN4O7/c32-30(40,18-5-7-19(8-6-18)31(41,42)35-14-12-29(13-15-35)11-2-16-43-29)26-20-3-1-4-21-25(20)23(17-33-26)36(28(21)39)22-9-10-24(37)34-27(22)38/h1,3-8,17,22,40-42H,2,9-16H2,(H,34,37,38). The van der Waals surface area contributed by atoms with Gasteiger partial charge in [0.2, 0.25) is 11.8 Å². The number of nitrogens with zero attached hydrogens (tertiary/aromatic N) is 3. The van der Waals surface area contributed by atoms with Gasteiger partial charge in [-0.2, -0.15) is 0 Å². The van der Waals surface area contributed by atoms with Gasteiger partial charge in [0.25, 0.3) is 11.8 Å². The number of pyridine rings is 1. The first-order valence-electron chi connectivity index (χ1n) is 14.6. The number of imide groups is 1. The van der Waals surface area contributed by atoms with Gasteiger partial charge >= 0.3 is 0 Å². The first-order valence-corrected chi connectivity index (χ1v) is 14.6. The second-order valence-electron chi connectivity index (χ2n) is 12.0. The number of ether oxygens (including phenoxy) is 1. The molecule has 7 rings (SSSR count). The van der Waals surface area contributed by atoms with Crippen molar-refractivity contribution < 1.29 is 34.4 Å². The van der Waals surface area contributed by atoms with Crippen LogP contribution in [0.5, 0.6) is 0 Å². The Morgan fingerprint density at radius 3 is 2.40 bits per heavy atom. The van der Waals surface area contributed by atoms with Crippen molar-refractivity contribution in [3.8, 4) is 0 Å². The molecular formula is C31H31BN4O7. The maximum atomic E-state index is 13.5. The SMILES string of the molecule is [B]C(O)(c1ccc(C(O)(O)N2CCC3(CCCO3)CC2)cc1)c1ncc2c3c(cccc13)C(=O)N2C1CCC(=O)NC1=O. The minimum atomic E-state index is -2.22. The van der Waals surface area contributed by atoms with Gasteiger partial charge in [0, 0.05) is 48.0 Å². The number of hydrogen-bond acceptors (Lipinski definition) is 9. The Kier molecular flexibility index (Phi) is 6.49. The van der Waals surface area contributed by atoms with Crippen LogP contribution < -0.4 is 10.2 Å². The zero-order valence-corrected chi connectivity index (χ0v) is 23.5. The summed E-state index contributed by atoms with van der Waals surface area (Å²) in [5, 5.41) is 37.1. The number of rotatable bonds is 5. The van der Waals surface area contributed by atoms with E-state index in [2.05, 4.69) is 10.3 Å². The van der Waals surface area contributed by atoms with Gasteiger partial charge in [-0.05, 0) is 43.7 Å². The predicted octanol–water partition coefficient (Wildman–Crippen LogP) is 1.10. The van der Waals surface area contributed by atoms with E-state index in [-0.39, 0.29) is 41.2 Å². The van der Waals surface area contributed by atoms with Gasteiger partial charge in [0.1, 0.15) is 13.9 Å². The van der Waals surface area contributed by atoms with E-state index in [0.717, 1.165) is 32.3 Å². The number of likely N-dealkylation sites (tertiary alicyclic amines) is 1. The molecule has 2 radical (unpaired) electrons. The lowest BCUT2D eigenvalue weighted by atomic mass is 9.71. The third-order valence-electron chi connectivity index (χ3n) is 9.50. The number of hydrogen-bond donors (Lipinski definition) is 4. The summed E-state index contributed by atoms with van der Waals surface area (Å²) in [6.45, 7) is 1.68. The molecule has 4 aliphatic rings. The van der Waals surface area contributed by atoms with E-state index >= 15 is 0 Å². The summed E-state index contributed by atoms with van der Waals surface area (Å²) in [5.74, 6) is -3.55. The van der Waals surface area contributed by atoms with Crippen LogP contribution in [0, 0.1) is 0 Å². The topological polar surface area (TPSA) is 153 Å². The molecule has 0 saturated carbocycles. The van der Waals surface area contributed by atoms with Crippen molar-refractivity contribution in [2.24, 2.45) is 0 Å². The number of nitrogens with one attached hydrogen (secondary N) is 1. The zero-order chi connectivity index (χ0) is 30.1. The summed E-state index contributed by atoms with van der Waals surface area (Å²) in [6, 6.07) is 10.2. The fourth-order valence-electron chi connectivity index (χ4n) is 7.07. The van der Waals surface area contributed by atoms with Crippen molar-refractivity contribution in [2.45, 2.75) is 61.6 Å². The number of piperidine rings is 2. The number of carbonyl (C=O) groups excluding carboxylic acids is 3. The fourth-order valence-corrected chi connectivity index (χ4v) is 7.07. The normalized spacial score (nSPS) is 23.7. The first-order chi connectivity index (χ1) is 20.5. The maximum absolute atomic E-state index is 13.5. The van der Waals surface area contributed by atoms with Crippen LogP contribution in [0.2, 0.25) is 0 Å². The number of carbonyl (C=O) groups is 3. The molecule has 4 aliphatic heterocycles. The van der Waals surface area contributed by atoms with E-state index in [1.54, 1.807) is 23.1 Å². The van der Waals surface area contributed by atoms with Crippen LogP contribution in [0.25, 0.3) is 10.8 Å². The molecule has 2 atom stereocenters. The number of benzene rings is 2. The van der Waals surface area contributed by atoms with Crippen LogP contribution in [0.3, 0.4) is 0 Å². The average Bonchev–Trinajstić information content (AvgIpc) is 3.56. The number of aliphatic hydroxyl groups is 3. The van der Waals surface area contributed by atoms with Crippen LogP contribution in [-0.4, -0.2) is 82.1 Å². The Balaban J connectivity index is 1.18. The number of aromatic nitrogens is 1. The lowest BCUT2D eigenvalue weighted by molar-refractivity contribution is -0.286. The summed E-state index contributed by atoms with van der Waals surface area (Å²) in [6.07, 6.45) is 5.15. The zero-order valence-electron chi connectivity index (χ0n) is 23.5. The van der Waals surface area contributed by atoms with Crippen molar-refractivity contribution in [1.29, 1.82) is 0 Å². The van der Waals surface area contributed by atoms with Crippen molar-refractivity contribution in [2.75, 3.05) is 24.6 Å². The van der Waals surface area contributed by atoms with E-state index in [0.29, 0.717) is 35.1 Å². The monoisotopic (exact) mass is 582 g/mol. The van der Waals surface area contributed by atoms with E-state index in [9.17, 15) is 29.7 Å². The third-order valence-corrected chi connectivity index (χ3v) is 9.50. The minimum Gasteiger partial charge on any atom is -0.389 e. The predicted molar refractivity (Wildman–Crippen MR) is 155 cm³/mol. The molecule has 0 bridgehead atoms. The molecule has 0 aliphatic carbocycles. The Bertz CT molecular complexity index is 1640. The van der Waals surface area contributed by atoms with Gasteiger partial charge in [-0.1, -0.05) is 36.4 Å². The van der Waals surface area contributed by atoms with Crippen molar-refractivity contribution in [1.82, 2.24) is 15.2 Å². The number of amides is 3. The van der Waals surface area contributed by atoms with Crippen LogP contribution >= 0.6 is 0 Å². The first kappa shape index (κ1) is 28.1. The van der Waals surface area contributed by atoms with Gasteiger partial charge in [-0.25, -0.2) is 4.90 Å². The van der Waals surface area contributed by atoms with Gasteiger partial charge in [-0.3, -0.25) is 29.6 Å². The van der Waals surface area contributed by atoms with E-state index in [1.807, 2.05) is 0 Å². The molecule has 1 aromatic heterocycles. The number of anilines is 1. The summed E-state index contributed by atoms with van der Waals surface area (Å²) in [5.41, 5.74) is -0.956. The molecular weight excluding hydrogens is 551 g/mol. The molecule has 43 heavy (non-hydrogen) atoms. The molecule has 4 N–H and O–H groups in total. The molecule has 11 nitrogen and oxygen atoms in total. The molecule has 3 fully saturated rings. The van der Waals surface area contributed by atoms with E-state index in [1.165, 1.54) is 35.4 Å². The molecule has 5 heterocycles. The molecule has 3 amide bonds. The van der Waals surface area contributed by atoms with Gasteiger partial charge < -0.3 is 20.1 Å². The second kappa shape index (κ2) is 9.93. The summed E-state index contributed by atoms with van der Waals surface area (Å²) in [4.78, 5) is 45.2. The van der Waals surface area contributed by atoms with E-state index < -0.39 is 29.3 Å². The Morgan fingerprint density at radius 2 is 1.72 bits per heavy atom. The van der Waals surface area contributed by atoms with Gasteiger partial charge in [0.15, 0.2) is 0 Å². The summed E-state index contributed by atoms with van der Waals surface area (Å²) >= 11 is 0. The summed E-state index contributed by atoms with van der Waals surface area (Å²) < 4.78 is 5.95. The Labute approximate surface area is 248 Å².